The maximum atomic E-state index is 6.16. The number of nitrogens with two attached hydrogens (primary N) is 1. The van der Waals surface area contributed by atoms with Crippen molar-refractivity contribution >= 4 is 15.9 Å². The first kappa shape index (κ1) is 15.1. The molecular weight excluding hydrogens is 298 g/mol. The van der Waals surface area contributed by atoms with E-state index in [1.807, 2.05) is 0 Å². The highest BCUT2D eigenvalue weighted by Gasteiger charge is 2.53. The summed E-state index contributed by atoms with van der Waals surface area (Å²) in [6, 6.07) is 8.62. The monoisotopic (exact) mass is 323 g/mol. The first-order valence-corrected chi connectivity index (χ1v) is 8.36. The summed E-state index contributed by atoms with van der Waals surface area (Å²) in [5.41, 5.74) is 8.35. The molecule has 1 aromatic carbocycles. The summed E-state index contributed by atoms with van der Waals surface area (Å²) in [7, 11) is 0. The van der Waals surface area contributed by atoms with Gasteiger partial charge in [0, 0.05) is 16.4 Å². The maximum Gasteiger partial charge on any atom is 0.0213 e. The fourth-order valence-electron chi connectivity index (χ4n) is 4.26. The summed E-state index contributed by atoms with van der Waals surface area (Å²) in [6.07, 6.45) is 7.81. The zero-order chi connectivity index (χ0) is 13.9. The van der Waals surface area contributed by atoms with E-state index in [2.05, 4.69) is 54.0 Å². The Labute approximate surface area is 126 Å². The SMILES string of the molecule is CCCC1(CCC)CC(CN)(c2ccccc2Br)C1. The molecule has 19 heavy (non-hydrogen) atoms. The molecule has 2 heteroatoms. The average molecular weight is 324 g/mol. The zero-order valence-corrected chi connectivity index (χ0v) is 13.8. The van der Waals surface area contributed by atoms with Crippen LogP contribution in [0.4, 0.5) is 0 Å². The minimum absolute atomic E-state index is 0.213. The minimum atomic E-state index is 0.213. The Hall–Kier alpha value is -0.340. The van der Waals surface area contributed by atoms with E-state index in [1.165, 1.54) is 48.6 Å². The quantitative estimate of drug-likeness (QED) is 0.780. The first-order chi connectivity index (χ1) is 9.11. The summed E-state index contributed by atoms with van der Waals surface area (Å²) < 4.78 is 1.22. The van der Waals surface area contributed by atoms with Crippen LogP contribution in [0.15, 0.2) is 28.7 Å². The summed E-state index contributed by atoms with van der Waals surface area (Å²) in [6.45, 7) is 5.38. The van der Waals surface area contributed by atoms with Gasteiger partial charge in [-0.15, -0.1) is 0 Å². The third-order valence-corrected chi connectivity index (χ3v) is 5.51. The molecule has 1 aliphatic rings. The lowest BCUT2D eigenvalue weighted by atomic mass is 9.48. The van der Waals surface area contributed by atoms with Crippen molar-refractivity contribution in [3.05, 3.63) is 34.3 Å². The molecule has 0 amide bonds. The molecule has 106 valence electrons. The smallest absolute Gasteiger partial charge is 0.0213 e. The van der Waals surface area contributed by atoms with Crippen molar-refractivity contribution in [1.82, 2.24) is 0 Å². The van der Waals surface area contributed by atoms with Gasteiger partial charge >= 0.3 is 0 Å². The lowest BCUT2D eigenvalue weighted by molar-refractivity contribution is 0.00743. The van der Waals surface area contributed by atoms with Gasteiger partial charge in [0.05, 0.1) is 0 Å². The highest BCUT2D eigenvalue weighted by molar-refractivity contribution is 9.10. The maximum absolute atomic E-state index is 6.16. The average Bonchev–Trinajstić information content (AvgIpc) is 2.36. The lowest BCUT2D eigenvalue weighted by Gasteiger charge is -2.57. The molecular formula is C17H26BrN. The molecule has 0 spiro atoms. The fraction of sp³-hybridized carbons (Fsp3) is 0.647. The van der Waals surface area contributed by atoms with Gasteiger partial charge in [0.15, 0.2) is 0 Å². The zero-order valence-electron chi connectivity index (χ0n) is 12.2. The van der Waals surface area contributed by atoms with E-state index in [4.69, 9.17) is 5.73 Å². The summed E-state index contributed by atoms with van der Waals surface area (Å²) in [5.74, 6) is 0. The van der Waals surface area contributed by atoms with E-state index in [0.717, 1.165) is 6.54 Å². The molecule has 0 bridgehead atoms. The first-order valence-electron chi connectivity index (χ1n) is 7.56. The van der Waals surface area contributed by atoms with Gasteiger partial charge in [-0.05, 0) is 42.7 Å². The van der Waals surface area contributed by atoms with Crippen LogP contribution in [0, 0.1) is 5.41 Å². The number of benzene rings is 1. The normalized spacial score (nSPS) is 20.0. The Kier molecular flexibility index (Phi) is 4.73. The topological polar surface area (TPSA) is 26.0 Å². The number of hydrogen-bond donors (Lipinski definition) is 1. The Bertz CT molecular complexity index is 413. The van der Waals surface area contributed by atoms with Crippen LogP contribution < -0.4 is 5.73 Å². The van der Waals surface area contributed by atoms with E-state index in [9.17, 15) is 0 Å². The van der Waals surface area contributed by atoms with Crippen molar-refractivity contribution in [3.63, 3.8) is 0 Å². The number of halogens is 1. The Morgan fingerprint density at radius 2 is 1.68 bits per heavy atom. The van der Waals surface area contributed by atoms with E-state index in [0.29, 0.717) is 5.41 Å². The van der Waals surface area contributed by atoms with Gasteiger partial charge in [-0.25, -0.2) is 0 Å². The Morgan fingerprint density at radius 3 is 2.16 bits per heavy atom. The van der Waals surface area contributed by atoms with Crippen molar-refractivity contribution in [2.45, 2.75) is 57.8 Å². The van der Waals surface area contributed by atoms with Crippen LogP contribution in [0.3, 0.4) is 0 Å². The van der Waals surface area contributed by atoms with Gasteiger partial charge in [-0.2, -0.15) is 0 Å². The molecule has 0 aromatic heterocycles. The molecule has 0 heterocycles. The standard InChI is InChI=1S/C17H26BrN/c1-3-9-16(10-4-2)11-17(12-16,13-19)14-7-5-6-8-15(14)18/h5-8H,3-4,9-13,19H2,1-2H3. The van der Waals surface area contributed by atoms with E-state index in [1.54, 1.807) is 0 Å². The van der Waals surface area contributed by atoms with Gasteiger partial charge in [0.25, 0.3) is 0 Å². The van der Waals surface area contributed by atoms with Gasteiger partial charge < -0.3 is 5.73 Å². The molecule has 0 atom stereocenters. The van der Waals surface area contributed by atoms with Crippen LogP contribution in [0.1, 0.15) is 57.9 Å². The van der Waals surface area contributed by atoms with Crippen molar-refractivity contribution in [2.75, 3.05) is 6.54 Å². The van der Waals surface area contributed by atoms with Crippen LogP contribution in [0.2, 0.25) is 0 Å². The largest absolute Gasteiger partial charge is 0.330 e. The predicted octanol–water partition coefficient (Wildman–Crippen LogP) is 5.03. The fourth-order valence-corrected chi connectivity index (χ4v) is 4.96. The van der Waals surface area contributed by atoms with Crippen LogP contribution in [0.5, 0.6) is 0 Å². The molecule has 1 aromatic rings. The third-order valence-electron chi connectivity index (χ3n) is 4.82. The van der Waals surface area contributed by atoms with Gasteiger partial charge in [-0.1, -0.05) is 60.8 Å². The van der Waals surface area contributed by atoms with Crippen LogP contribution >= 0.6 is 15.9 Å². The molecule has 0 aliphatic heterocycles. The second-order valence-electron chi connectivity index (χ2n) is 6.32. The molecule has 1 fully saturated rings. The van der Waals surface area contributed by atoms with E-state index >= 15 is 0 Å². The van der Waals surface area contributed by atoms with Gasteiger partial charge in [-0.3, -0.25) is 0 Å². The third kappa shape index (κ3) is 2.75. The molecule has 0 radical (unpaired) electrons. The summed E-state index contributed by atoms with van der Waals surface area (Å²) in [5, 5.41) is 0. The molecule has 2 rings (SSSR count). The van der Waals surface area contributed by atoms with Crippen molar-refractivity contribution < 1.29 is 0 Å². The van der Waals surface area contributed by atoms with Crippen LogP contribution in [-0.2, 0) is 5.41 Å². The van der Waals surface area contributed by atoms with Crippen molar-refractivity contribution in [1.29, 1.82) is 0 Å². The molecule has 1 nitrogen and oxygen atoms in total. The second-order valence-corrected chi connectivity index (χ2v) is 7.17. The molecule has 0 saturated heterocycles. The van der Waals surface area contributed by atoms with Gasteiger partial charge in [0.2, 0.25) is 0 Å². The lowest BCUT2D eigenvalue weighted by Crippen LogP contribution is -2.54. The second kappa shape index (κ2) is 5.97. The molecule has 0 unspecified atom stereocenters. The number of rotatable bonds is 6. The summed E-state index contributed by atoms with van der Waals surface area (Å²) in [4.78, 5) is 0. The molecule has 1 saturated carbocycles. The Balaban J connectivity index is 2.22. The minimum Gasteiger partial charge on any atom is -0.330 e. The molecule has 2 N–H and O–H groups in total. The van der Waals surface area contributed by atoms with Crippen molar-refractivity contribution in [2.24, 2.45) is 11.1 Å². The highest BCUT2D eigenvalue weighted by Crippen LogP contribution is 2.60. The molecule has 1 aliphatic carbocycles. The number of hydrogen-bond acceptors (Lipinski definition) is 1. The van der Waals surface area contributed by atoms with Crippen LogP contribution in [-0.4, -0.2) is 6.54 Å². The van der Waals surface area contributed by atoms with Crippen LogP contribution in [0.25, 0.3) is 0 Å². The Morgan fingerprint density at radius 1 is 1.11 bits per heavy atom. The van der Waals surface area contributed by atoms with E-state index in [-0.39, 0.29) is 5.41 Å². The summed E-state index contributed by atoms with van der Waals surface area (Å²) >= 11 is 3.71. The highest BCUT2D eigenvalue weighted by atomic mass is 79.9. The van der Waals surface area contributed by atoms with Gasteiger partial charge in [0.1, 0.15) is 0 Å². The van der Waals surface area contributed by atoms with Crippen molar-refractivity contribution in [3.8, 4) is 0 Å². The van der Waals surface area contributed by atoms with E-state index < -0.39 is 0 Å². The predicted molar refractivity (Wildman–Crippen MR) is 86.4 cm³/mol.